The minimum absolute atomic E-state index is 0.472. The molecule has 0 unspecified atom stereocenters. The summed E-state index contributed by atoms with van der Waals surface area (Å²) in [5, 5.41) is 2.35. The van der Waals surface area contributed by atoms with E-state index < -0.39 is 0 Å². The van der Waals surface area contributed by atoms with Crippen LogP contribution in [0.5, 0.6) is 0 Å². The third-order valence-electron chi connectivity index (χ3n) is 1.65. The maximum atomic E-state index is 11.0. The summed E-state index contributed by atoms with van der Waals surface area (Å²) in [6, 6.07) is 0. The van der Waals surface area contributed by atoms with Gasteiger partial charge in [0.15, 0.2) is 0 Å². The second-order valence-electron chi connectivity index (χ2n) is 2.57. The Balaban J connectivity index is 2.21. The summed E-state index contributed by atoms with van der Waals surface area (Å²) in [4.78, 5) is 11.0. The van der Waals surface area contributed by atoms with Crippen molar-refractivity contribution in [2.24, 2.45) is 0 Å². The third-order valence-corrected chi connectivity index (χ3v) is 2.94. The molecule has 0 aliphatic carbocycles. The van der Waals surface area contributed by atoms with E-state index in [2.05, 4.69) is 0 Å². The van der Waals surface area contributed by atoms with E-state index in [0.29, 0.717) is 5.78 Å². The SMILES string of the molecule is O=C1CCCC[CH2][Ni][CH2]C1. The molecule has 0 bridgehead atoms. The van der Waals surface area contributed by atoms with E-state index in [4.69, 9.17) is 0 Å². The molecule has 1 fully saturated rings. The Morgan fingerprint density at radius 2 is 1.90 bits per heavy atom. The van der Waals surface area contributed by atoms with Crippen molar-refractivity contribution in [3.05, 3.63) is 0 Å². The van der Waals surface area contributed by atoms with Gasteiger partial charge < -0.3 is 0 Å². The Morgan fingerprint density at radius 3 is 2.80 bits per heavy atom. The predicted octanol–water partition coefficient (Wildman–Crippen LogP) is 2.44. The molecule has 0 atom stereocenters. The van der Waals surface area contributed by atoms with Crippen LogP contribution < -0.4 is 0 Å². The van der Waals surface area contributed by atoms with E-state index in [9.17, 15) is 4.79 Å². The molecule has 62 valence electrons. The monoisotopic (exact) mass is 184 g/mol. The molecule has 0 N–H and O–H groups in total. The van der Waals surface area contributed by atoms with Crippen molar-refractivity contribution in [2.45, 2.75) is 42.9 Å². The van der Waals surface area contributed by atoms with Crippen molar-refractivity contribution < 1.29 is 19.2 Å². The zero-order valence-corrected chi connectivity index (χ0v) is 7.16. The van der Waals surface area contributed by atoms with Gasteiger partial charge >= 0.3 is 67.9 Å². The molecule has 0 aromatic heterocycles. The second-order valence-corrected chi connectivity index (χ2v) is 4.06. The fourth-order valence-electron chi connectivity index (χ4n) is 1.01. The number of carbonyl (C=O) groups excluding carboxylic acids is 1. The van der Waals surface area contributed by atoms with Crippen molar-refractivity contribution in [3.8, 4) is 0 Å². The molecule has 0 aromatic rings. The van der Waals surface area contributed by atoms with E-state index in [-0.39, 0.29) is 0 Å². The van der Waals surface area contributed by atoms with Gasteiger partial charge in [0, 0.05) is 0 Å². The van der Waals surface area contributed by atoms with Crippen LogP contribution in [0.4, 0.5) is 0 Å². The first-order valence-corrected chi connectivity index (χ1v) is 5.26. The summed E-state index contributed by atoms with van der Waals surface area (Å²) in [7, 11) is 0. The minimum atomic E-state index is 0.472. The number of carbonyl (C=O) groups is 1. The molecule has 10 heavy (non-hydrogen) atoms. The molecule has 1 nitrogen and oxygen atoms in total. The topological polar surface area (TPSA) is 17.1 Å². The molecule has 1 aliphatic heterocycles. The molecule has 1 rings (SSSR count). The quantitative estimate of drug-likeness (QED) is 0.529. The predicted molar refractivity (Wildman–Crippen MR) is 37.7 cm³/mol. The number of rotatable bonds is 0. The van der Waals surface area contributed by atoms with E-state index in [1.54, 1.807) is 14.4 Å². The second kappa shape index (κ2) is 4.90. The van der Waals surface area contributed by atoms with Gasteiger partial charge in [0.2, 0.25) is 0 Å². The van der Waals surface area contributed by atoms with E-state index >= 15 is 0 Å². The average Bonchev–Trinajstić information content (AvgIpc) is 2.02. The van der Waals surface area contributed by atoms with Crippen LogP contribution in [-0.2, 0) is 19.2 Å². The molecule has 2 heteroatoms. The van der Waals surface area contributed by atoms with Crippen LogP contribution in [0, 0.1) is 0 Å². The Hall–Kier alpha value is 0.164. The van der Waals surface area contributed by atoms with Crippen LogP contribution >= 0.6 is 0 Å². The van der Waals surface area contributed by atoms with Crippen LogP contribution in [0.2, 0.25) is 10.8 Å². The number of ketones is 1. The van der Waals surface area contributed by atoms with Crippen LogP contribution in [-0.4, -0.2) is 5.78 Å². The zero-order valence-electron chi connectivity index (χ0n) is 6.17. The first-order valence-electron chi connectivity index (χ1n) is 3.86. The summed E-state index contributed by atoms with van der Waals surface area (Å²) in [5.41, 5.74) is 0. The standard InChI is InChI=1S/C8H14O.Ni/c1-3-5-6-7-8(9)4-2;/h1-7H2;. The first kappa shape index (κ1) is 8.26. The summed E-state index contributed by atoms with van der Waals surface area (Å²) in [6.07, 6.45) is 5.35. The Kier molecular flexibility index (Phi) is 4.05. The van der Waals surface area contributed by atoms with Gasteiger partial charge in [-0.3, -0.25) is 0 Å². The van der Waals surface area contributed by atoms with Gasteiger partial charge in [0.05, 0.1) is 0 Å². The fraction of sp³-hybridized carbons (Fsp3) is 0.875. The van der Waals surface area contributed by atoms with Gasteiger partial charge in [0.1, 0.15) is 0 Å². The normalized spacial score (nSPS) is 23.8. The maximum absolute atomic E-state index is 11.0. The molecule has 0 saturated carbocycles. The van der Waals surface area contributed by atoms with Crippen LogP contribution in [0.3, 0.4) is 0 Å². The zero-order chi connectivity index (χ0) is 7.23. The van der Waals surface area contributed by atoms with Gasteiger partial charge in [-0.1, -0.05) is 0 Å². The van der Waals surface area contributed by atoms with Gasteiger partial charge in [-0.15, -0.1) is 0 Å². The van der Waals surface area contributed by atoms with Crippen LogP contribution in [0.25, 0.3) is 0 Å². The molecule has 0 spiro atoms. The molecule has 1 heterocycles. The molecule has 0 radical (unpaired) electrons. The molecular formula is C8H14NiO. The summed E-state index contributed by atoms with van der Waals surface area (Å²) < 4.78 is 0. The number of Topliss-reactive ketones (excluding diaryl/α,β-unsaturated/α-hetero) is 1. The molecule has 0 aromatic carbocycles. The van der Waals surface area contributed by atoms with Crippen molar-refractivity contribution in [1.29, 1.82) is 0 Å². The van der Waals surface area contributed by atoms with Crippen molar-refractivity contribution in [3.63, 3.8) is 0 Å². The molecule has 1 aliphatic rings. The van der Waals surface area contributed by atoms with Crippen LogP contribution in [0.15, 0.2) is 0 Å². The van der Waals surface area contributed by atoms with E-state index in [1.165, 1.54) is 18.2 Å². The summed E-state index contributed by atoms with van der Waals surface area (Å²) in [5.74, 6) is 0.472. The third kappa shape index (κ3) is 3.36. The molecule has 0 amide bonds. The number of hydrogen-bond acceptors (Lipinski definition) is 1. The molecule has 1 saturated heterocycles. The summed E-state index contributed by atoms with van der Waals surface area (Å²) >= 11 is 1.76. The van der Waals surface area contributed by atoms with Crippen molar-refractivity contribution in [2.75, 3.05) is 0 Å². The summed E-state index contributed by atoms with van der Waals surface area (Å²) in [6.45, 7) is 0. The van der Waals surface area contributed by atoms with Gasteiger partial charge in [-0.25, -0.2) is 0 Å². The van der Waals surface area contributed by atoms with E-state index in [1.807, 2.05) is 0 Å². The van der Waals surface area contributed by atoms with Gasteiger partial charge in [-0.2, -0.15) is 0 Å². The number of hydrogen-bond donors (Lipinski definition) is 0. The van der Waals surface area contributed by atoms with Crippen LogP contribution in [0.1, 0.15) is 32.1 Å². The molecular weight excluding hydrogens is 171 g/mol. The average molecular weight is 185 g/mol. The van der Waals surface area contributed by atoms with E-state index in [0.717, 1.165) is 24.7 Å². The fourth-order valence-corrected chi connectivity index (χ4v) is 2.20. The van der Waals surface area contributed by atoms with Gasteiger partial charge in [0.25, 0.3) is 0 Å². The Labute approximate surface area is 68.4 Å². The Bertz CT molecular complexity index is 99.8. The Morgan fingerprint density at radius 1 is 1.00 bits per heavy atom. The van der Waals surface area contributed by atoms with Crippen molar-refractivity contribution >= 4 is 5.78 Å². The first-order chi connectivity index (χ1) is 4.89. The van der Waals surface area contributed by atoms with Gasteiger partial charge in [-0.05, 0) is 0 Å². The van der Waals surface area contributed by atoms with Crippen molar-refractivity contribution in [1.82, 2.24) is 0 Å².